The number of hydroxylamine groups is 1. The fourth-order valence-corrected chi connectivity index (χ4v) is 1.40. The second kappa shape index (κ2) is 4.37. The molecule has 4 nitrogen and oxygen atoms in total. The summed E-state index contributed by atoms with van der Waals surface area (Å²) >= 11 is 3.15. The Labute approximate surface area is 97.1 Å². The van der Waals surface area contributed by atoms with Crippen LogP contribution in [-0.2, 0) is 4.84 Å². The SMILES string of the molecule is Cc1oc(Br)cc1C(=O)NOC(C)(C)C. The lowest BCUT2D eigenvalue weighted by Crippen LogP contribution is -2.33. The molecule has 1 aromatic rings. The molecule has 1 heterocycles. The number of furan rings is 1. The number of rotatable bonds is 2. The maximum atomic E-state index is 11.6. The van der Waals surface area contributed by atoms with Crippen LogP contribution in [-0.4, -0.2) is 11.5 Å². The minimum Gasteiger partial charge on any atom is -0.454 e. The second-order valence-corrected chi connectivity index (χ2v) is 4.95. The molecule has 84 valence electrons. The monoisotopic (exact) mass is 275 g/mol. The van der Waals surface area contributed by atoms with Gasteiger partial charge < -0.3 is 4.42 Å². The maximum absolute atomic E-state index is 11.6. The molecule has 0 saturated heterocycles. The molecule has 0 spiro atoms. The van der Waals surface area contributed by atoms with Gasteiger partial charge in [-0.25, -0.2) is 5.48 Å². The first-order chi connectivity index (χ1) is 6.79. The van der Waals surface area contributed by atoms with Gasteiger partial charge in [0.15, 0.2) is 4.67 Å². The molecule has 0 aliphatic carbocycles. The minimum atomic E-state index is -0.412. The zero-order valence-corrected chi connectivity index (χ0v) is 10.8. The van der Waals surface area contributed by atoms with Crippen LogP contribution in [0.3, 0.4) is 0 Å². The molecule has 5 heteroatoms. The van der Waals surface area contributed by atoms with Crippen molar-refractivity contribution in [3.05, 3.63) is 22.1 Å². The van der Waals surface area contributed by atoms with Crippen LogP contribution in [0.15, 0.2) is 15.2 Å². The summed E-state index contributed by atoms with van der Waals surface area (Å²) in [6, 6.07) is 1.61. The number of aryl methyl sites for hydroxylation is 1. The third-order valence-corrected chi connectivity index (χ3v) is 1.97. The summed E-state index contributed by atoms with van der Waals surface area (Å²) < 4.78 is 5.70. The quantitative estimate of drug-likeness (QED) is 0.845. The minimum absolute atomic E-state index is 0.308. The van der Waals surface area contributed by atoms with Crippen molar-refractivity contribution in [1.29, 1.82) is 0 Å². The average molecular weight is 276 g/mol. The van der Waals surface area contributed by atoms with E-state index in [1.165, 1.54) is 0 Å². The van der Waals surface area contributed by atoms with Gasteiger partial charge in [-0.2, -0.15) is 0 Å². The van der Waals surface area contributed by atoms with Gasteiger partial charge in [0.05, 0.1) is 11.2 Å². The molecule has 15 heavy (non-hydrogen) atoms. The molecule has 0 radical (unpaired) electrons. The van der Waals surface area contributed by atoms with Crippen molar-refractivity contribution in [3.63, 3.8) is 0 Å². The van der Waals surface area contributed by atoms with Crippen molar-refractivity contribution in [2.24, 2.45) is 0 Å². The van der Waals surface area contributed by atoms with Gasteiger partial charge in [-0.05, 0) is 43.6 Å². The van der Waals surface area contributed by atoms with E-state index < -0.39 is 5.60 Å². The Balaban J connectivity index is 2.66. The molecule has 0 aliphatic rings. The van der Waals surface area contributed by atoms with Crippen molar-refractivity contribution in [2.45, 2.75) is 33.3 Å². The Morgan fingerprint density at radius 3 is 2.53 bits per heavy atom. The highest BCUT2D eigenvalue weighted by Gasteiger charge is 2.17. The van der Waals surface area contributed by atoms with Gasteiger partial charge >= 0.3 is 0 Å². The lowest BCUT2D eigenvalue weighted by molar-refractivity contribution is -0.0590. The largest absolute Gasteiger partial charge is 0.454 e. The van der Waals surface area contributed by atoms with Crippen molar-refractivity contribution in [2.75, 3.05) is 0 Å². The Morgan fingerprint density at radius 2 is 2.13 bits per heavy atom. The highest BCUT2D eigenvalue weighted by molar-refractivity contribution is 9.10. The Kier molecular flexibility index (Phi) is 3.57. The summed E-state index contributed by atoms with van der Waals surface area (Å²) in [5.41, 5.74) is 2.43. The van der Waals surface area contributed by atoms with E-state index in [-0.39, 0.29) is 5.91 Å². The number of nitrogens with one attached hydrogen (secondary N) is 1. The molecule has 0 aromatic carbocycles. The number of carbonyl (C=O) groups is 1. The first-order valence-corrected chi connectivity index (χ1v) is 5.33. The highest BCUT2D eigenvalue weighted by Crippen LogP contribution is 2.19. The number of carbonyl (C=O) groups excluding carboxylic acids is 1. The Hall–Kier alpha value is -0.810. The fraction of sp³-hybridized carbons (Fsp3) is 0.500. The highest BCUT2D eigenvalue weighted by atomic mass is 79.9. The first-order valence-electron chi connectivity index (χ1n) is 4.54. The average Bonchev–Trinajstić information content (AvgIpc) is 2.40. The molecule has 0 unspecified atom stereocenters. The molecular formula is C10H14BrNO3. The van der Waals surface area contributed by atoms with Crippen molar-refractivity contribution >= 4 is 21.8 Å². The van der Waals surface area contributed by atoms with Crippen molar-refractivity contribution in [1.82, 2.24) is 5.48 Å². The van der Waals surface area contributed by atoms with Gasteiger partial charge in [0.25, 0.3) is 5.91 Å². The van der Waals surface area contributed by atoms with Gasteiger partial charge in [-0.15, -0.1) is 0 Å². The predicted octanol–water partition coefficient (Wildman–Crippen LogP) is 2.81. The first kappa shape index (κ1) is 12.3. The molecule has 1 rings (SSSR count). The lowest BCUT2D eigenvalue weighted by atomic mass is 10.2. The third-order valence-electron chi connectivity index (χ3n) is 1.58. The van der Waals surface area contributed by atoms with Crippen LogP contribution in [0.5, 0.6) is 0 Å². The van der Waals surface area contributed by atoms with Crippen molar-refractivity contribution in [3.8, 4) is 0 Å². The summed E-state index contributed by atoms with van der Waals surface area (Å²) in [7, 11) is 0. The van der Waals surface area contributed by atoms with E-state index in [0.29, 0.717) is 16.0 Å². The Bertz CT molecular complexity index is 365. The normalized spacial score (nSPS) is 11.5. The van der Waals surface area contributed by atoms with Crippen LogP contribution in [0.2, 0.25) is 0 Å². The summed E-state index contributed by atoms with van der Waals surface area (Å²) in [6.07, 6.45) is 0. The van der Waals surface area contributed by atoms with Crippen molar-refractivity contribution < 1.29 is 14.0 Å². The Morgan fingerprint density at radius 1 is 1.53 bits per heavy atom. The van der Waals surface area contributed by atoms with Crippen LogP contribution < -0.4 is 5.48 Å². The number of hydrogen-bond acceptors (Lipinski definition) is 3. The standard InChI is InChI=1S/C10H14BrNO3/c1-6-7(5-8(11)14-6)9(13)12-15-10(2,3)4/h5H,1-4H3,(H,12,13). The number of hydrogen-bond donors (Lipinski definition) is 1. The van der Waals surface area contributed by atoms with Crippen LogP contribution >= 0.6 is 15.9 Å². The van der Waals surface area contributed by atoms with E-state index in [9.17, 15) is 4.79 Å². The van der Waals surface area contributed by atoms with Gasteiger partial charge in [-0.1, -0.05) is 0 Å². The third kappa shape index (κ3) is 3.68. The van der Waals surface area contributed by atoms with E-state index in [1.54, 1.807) is 13.0 Å². The van der Waals surface area contributed by atoms with Gasteiger partial charge in [0, 0.05) is 6.07 Å². The summed E-state index contributed by atoms with van der Waals surface area (Å²) in [6.45, 7) is 7.28. The van der Waals surface area contributed by atoms with Gasteiger partial charge in [-0.3, -0.25) is 9.63 Å². The van der Waals surface area contributed by atoms with Crippen LogP contribution in [0.1, 0.15) is 36.9 Å². The smallest absolute Gasteiger partial charge is 0.278 e. The fourth-order valence-electron chi connectivity index (χ4n) is 0.926. The van der Waals surface area contributed by atoms with Crippen LogP contribution in [0.25, 0.3) is 0 Å². The zero-order chi connectivity index (χ0) is 11.6. The number of amides is 1. The molecule has 1 N–H and O–H groups in total. The molecule has 0 fully saturated rings. The summed E-state index contributed by atoms with van der Waals surface area (Å²) in [4.78, 5) is 16.8. The van der Waals surface area contributed by atoms with Crippen LogP contribution in [0.4, 0.5) is 0 Å². The van der Waals surface area contributed by atoms with Gasteiger partial charge in [0.1, 0.15) is 5.76 Å². The van der Waals surface area contributed by atoms with E-state index in [1.807, 2.05) is 20.8 Å². The zero-order valence-electron chi connectivity index (χ0n) is 9.18. The molecule has 0 atom stereocenters. The molecule has 1 amide bonds. The molecule has 0 bridgehead atoms. The van der Waals surface area contributed by atoms with E-state index in [0.717, 1.165) is 0 Å². The summed E-state index contributed by atoms with van der Waals surface area (Å²) in [5.74, 6) is 0.244. The van der Waals surface area contributed by atoms with E-state index in [4.69, 9.17) is 9.25 Å². The topological polar surface area (TPSA) is 51.5 Å². The molecule has 0 saturated carbocycles. The van der Waals surface area contributed by atoms with E-state index >= 15 is 0 Å². The molecule has 0 aliphatic heterocycles. The second-order valence-electron chi connectivity index (χ2n) is 4.17. The number of halogens is 1. The van der Waals surface area contributed by atoms with Gasteiger partial charge in [0.2, 0.25) is 0 Å². The summed E-state index contributed by atoms with van der Waals surface area (Å²) in [5, 5.41) is 0. The lowest BCUT2D eigenvalue weighted by Gasteiger charge is -2.18. The van der Waals surface area contributed by atoms with E-state index in [2.05, 4.69) is 21.4 Å². The molecule has 1 aromatic heterocycles. The maximum Gasteiger partial charge on any atom is 0.278 e. The molecular weight excluding hydrogens is 262 g/mol. The van der Waals surface area contributed by atoms with Crippen LogP contribution in [0, 0.1) is 6.92 Å². The predicted molar refractivity (Wildman–Crippen MR) is 59.4 cm³/mol.